The number of para-hydroxylation sites is 3. The summed E-state index contributed by atoms with van der Waals surface area (Å²) in [6.07, 6.45) is 0. The van der Waals surface area contributed by atoms with Crippen molar-refractivity contribution in [1.82, 2.24) is 4.68 Å². The highest BCUT2D eigenvalue weighted by Gasteiger charge is 2.32. The van der Waals surface area contributed by atoms with Crippen LogP contribution in [0.2, 0.25) is 10.0 Å². The summed E-state index contributed by atoms with van der Waals surface area (Å²) in [6.45, 7) is 0. The summed E-state index contributed by atoms with van der Waals surface area (Å²) in [6, 6.07) is 18.5. The van der Waals surface area contributed by atoms with Crippen molar-refractivity contribution in [3.63, 3.8) is 0 Å². The number of fused-ring (bicyclic) bond motifs is 1. The highest BCUT2D eigenvalue weighted by molar-refractivity contribution is 7.07. The molecule has 0 bridgehead atoms. The van der Waals surface area contributed by atoms with Gasteiger partial charge in [0.2, 0.25) is 4.80 Å². The van der Waals surface area contributed by atoms with E-state index >= 15 is 0 Å². The quantitative estimate of drug-likeness (QED) is 0.246. The van der Waals surface area contributed by atoms with Gasteiger partial charge in [-0.05, 0) is 30.3 Å². The van der Waals surface area contributed by atoms with Gasteiger partial charge in [0.1, 0.15) is 5.69 Å². The fourth-order valence-corrected chi connectivity index (χ4v) is 4.94. The van der Waals surface area contributed by atoms with Gasteiger partial charge in [-0.3, -0.25) is 14.9 Å². The van der Waals surface area contributed by atoms with Crippen molar-refractivity contribution in [2.24, 2.45) is 10.1 Å². The number of amides is 1. The molecule has 1 amide bonds. The number of aromatic nitrogens is 1. The van der Waals surface area contributed by atoms with Crippen molar-refractivity contribution in [2.45, 2.75) is 0 Å². The number of nitro benzene ring substituents is 1. The number of carbonyl (C=O) groups excluding carboxylic acids is 1. The number of halogens is 2. The molecule has 0 unspecified atom stereocenters. The van der Waals surface area contributed by atoms with Crippen molar-refractivity contribution >= 4 is 63.2 Å². The Balaban J connectivity index is 1.80. The van der Waals surface area contributed by atoms with Crippen molar-refractivity contribution in [3.8, 4) is 11.3 Å². The van der Waals surface area contributed by atoms with Gasteiger partial charge in [-0.2, -0.15) is 5.10 Å². The normalized spacial score (nSPS) is 14.6. The van der Waals surface area contributed by atoms with Gasteiger partial charge in [0.15, 0.2) is 5.71 Å². The number of nitrogens with zero attached hydrogens (tertiary/aromatic N) is 5. The number of carbonyl (C=O) groups is 1. The molecule has 0 saturated heterocycles. The molecule has 1 aliphatic heterocycles. The molecule has 4 aromatic rings. The molecule has 0 saturated carbocycles. The maximum absolute atomic E-state index is 13.1. The zero-order valence-electron chi connectivity index (χ0n) is 18.1. The molecule has 0 aliphatic carbocycles. The first kappa shape index (κ1) is 23.0. The van der Waals surface area contributed by atoms with Gasteiger partial charge >= 0.3 is 0 Å². The fraction of sp³-hybridized carbons (Fsp3) is 0.0417. The van der Waals surface area contributed by atoms with E-state index < -0.39 is 4.92 Å². The van der Waals surface area contributed by atoms with Crippen LogP contribution in [0.5, 0.6) is 0 Å². The molecule has 5 rings (SSSR count). The second-order valence-electron chi connectivity index (χ2n) is 7.53. The predicted octanol–water partition coefficient (Wildman–Crippen LogP) is 5.89. The predicted molar refractivity (Wildman–Crippen MR) is 138 cm³/mol. The maximum Gasteiger partial charge on any atom is 0.294 e. The van der Waals surface area contributed by atoms with E-state index in [2.05, 4.69) is 4.99 Å². The Hall–Kier alpha value is -3.79. The lowest BCUT2D eigenvalue weighted by Crippen LogP contribution is -2.27. The van der Waals surface area contributed by atoms with E-state index in [1.54, 1.807) is 48.8 Å². The third-order valence-electron chi connectivity index (χ3n) is 5.41. The summed E-state index contributed by atoms with van der Waals surface area (Å²) in [5.74, 6) is -0.287. The Labute approximate surface area is 213 Å². The van der Waals surface area contributed by atoms with Crippen LogP contribution in [0, 0.1) is 10.1 Å². The van der Waals surface area contributed by atoms with Gasteiger partial charge < -0.3 is 4.90 Å². The number of rotatable bonds is 4. The average Bonchev–Trinajstić information content (AvgIpc) is 3.35. The molecule has 0 spiro atoms. The number of benzene rings is 3. The third kappa shape index (κ3) is 4.14. The van der Waals surface area contributed by atoms with Crippen LogP contribution >= 0.6 is 34.5 Å². The van der Waals surface area contributed by atoms with Crippen LogP contribution in [0.3, 0.4) is 0 Å². The van der Waals surface area contributed by atoms with E-state index in [1.807, 2.05) is 24.3 Å². The molecule has 8 nitrogen and oxygen atoms in total. The van der Waals surface area contributed by atoms with Gasteiger partial charge in [0.05, 0.1) is 21.3 Å². The first-order valence-electron chi connectivity index (χ1n) is 10.3. The molecule has 1 aromatic heterocycles. The monoisotopic (exact) mass is 523 g/mol. The molecule has 0 fully saturated rings. The molecule has 2 heterocycles. The van der Waals surface area contributed by atoms with Crippen molar-refractivity contribution in [1.29, 1.82) is 0 Å². The van der Waals surface area contributed by atoms with E-state index in [4.69, 9.17) is 28.3 Å². The van der Waals surface area contributed by atoms with Crippen LogP contribution in [0.25, 0.3) is 11.3 Å². The van der Waals surface area contributed by atoms with E-state index in [1.165, 1.54) is 27.0 Å². The molecule has 174 valence electrons. The van der Waals surface area contributed by atoms with Crippen molar-refractivity contribution in [3.05, 3.63) is 103 Å². The van der Waals surface area contributed by atoms with Crippen LogP contribution in [0.15, 0.2) is 82.2 Å². The Kier molecular flexibility index (Phi) is 5.98. The van der Waals surface area contributed by atoms with Gasteiger partial charge in [-0.25, -0.2) is 9.67 Å². The molecule has 0 atom stereocenters. The molecule has 3 aromatic carbocycles. The Bertz CT molecular complexity index is 1610. The molecular formula is C24H15Cl2N5O3S. The van der Waals surface area contributed by atoms with E-state index in [0.717, 1.165) is 5.69 Å². The lowest BCUT2D eigenvalue weighted by atomic mass is 10.1. The van der Waals surface area contributed by atoms with E-state index in [9.17, 15) is 14.9 Å². The largest absolute Gasteiger partial charge is 0.309 e. The Morgan fingerprint density at radius 1 is 1.00 bits per heavy atom. The molecule has 35 heavy (non-hydrogen) atoms. The number of hydrogen-bond donors (Lipinski definition) is 0. The number of likely N-dealkylation sites (N-methyl/N-ethyl adjacent to an activating group) is 1. The topological polar surface area (TPSA) is 93.1 Å². The minimum absolute atomic E-state index is 0.149. The van der Waals surface area contributed by atoms with Crippen LogP contribution < -0.4 is 9.70 Å². The second-order valence-corrected chi connectivity index (χ2v) is 9.21. The first-order valence-corrected chi connectivity index (χ1v) is 11.9. The summed E-state index contributed by atoms with van der Waals surface area (Å²) in [7, 11) is 1.68. The SMILES string of the molecule is CN1C(=O)C(=Nn2c(-c3cc(Cl)ccc3Cl)csc2=Nc2ccccc2[N+](=O)[O-])c2ccccc21. The summed E-state index contributed by atoms with van der Waals surface area (Å²) in [5, 5.41) is 18.9. The zero-order chi connectivity index (χ0) is 24.7. The third-order valence-corrected chi connectivity index (χ3v) is 6.79. The number of nitro groups is 1. The van der Waals surface area contributed by atoms with Crippen molar-refractivity contribution in [2.75, 3.05) is 11.9 Å². The minimum Gasteiger partial charge on any atom is -0.309 e. The summed E-state index contributed by atoms with van der Waals surface area (Å²) >= 11 is 13.9. The van der Waals surface area contributed by atoms with Crippen LogP contribution in [0.4, 0.5) is 17.1 Å². The average molecular weight is 524 g/mol. The van der Waals surface area contributed by atoms with Crippen LogP contribution in [-0.2, 0) is 4.79 Å². The standard InChI is InChI=1S/C24H15Cl2N5O3S/c1-29-19-8-4-2-6-15(19)22(23(29)32)28-30-21(16-12-14(25)10-11-17(16)26)13-35-24(30)27-18-7-3-5-9-20(18)31(33)34/h2-13H,1H3. The first-order chi connectivity index (χ1) is 16.8. The Morgan fingerprint density at radius 3 is 2.54 bits per heavy atom. The van der Waals surface area contributed by atoms with Gasteiger partial charge in [0.25, 0.3) is 11.6 Å². The summed E-state index contributed by atoms with van der Waals surface area (Å²) < 4.78 is 1.47. The van der Waals surface area contributed by atoms with Crippen LogP contribution in [0.1, 0.15) is 5.56 Å². The molecule has 1 aliphatic rings. The number of anilines is 1. The van der Waals surface area contributed by atoms with Gasteiger partial charge in [-0.1, -0.05) is 53.5 Å². The zero-order valence-corrected chi connectivity index (χ0v) is 20.4. The van der Waals surface area contributed by atoms with Gasteiger partial charge in [-0.15, -0.1) is 11.3 Å². The minimum atomic E-state index is -0.497. The lowest BCUT2D eigenvalue weighted by molar-refractivity contribution is -0.384. The second kappa shape index (κ2) is 9.10. The van der Waals surface area contributed by atoms with Gasteiger partial charge in [0, 0.05) is 34.6 Å². The lowest BCUT2D eigenvalue weighted by Gasteiger charge is -2.08. The highest BCUT2D eigenvalue weighted by atomic mass is 35.5. The summed E-state index contributed by atoms with van der Waals surface area (Å²) in [4.78, 5) is 30.5. The molecule has 0 radical (unpaired) electrons. The Morgan fingerprint density at radius 2 is 1.74 bits per heavy atom. The molecular weight excluding hydrogens is 509 g/mol. The number of hydrogen-bond acceptors (Lipinski definition) is 6. The molecule has 0 N–H and O–H groups in total. The number of thiazole rings is 1. The van der Waals surface area contributed by atoms with Crippen molar-refractivity contribution < 1.29 is 9.72 Å². The molecule has 11 heteroatoms. The van der Waals surface area contributed by atoms with E-state index in [0.29, 0.717) is 31.7 Å². The van der Waals surface area contributed by atoms with E-state index in [-0.39, 0.29) is 23.0 Å². The maximum atomic E-state index is 13.1. The van der Waals surface area contributed by atoms with Crippen LogP contribution in [-0.4, -0.2) is 28.3 Å². The fourth-order valence-electron chi connectivity index (χ4n) is 3.72. The summed E-state index contributed by atoms with van der Waals surface area (Å²) in [5.41, 5.74) is 2.73. The smallest absolute Gasteiger partial charge is 0.294 e. The highest BCUT2D eigenvalue weighted by Crippen LogP contribution is 2.33.